The topological polar surface area (TPSA) is 89.3 Å². The Morgan fingerprint density at radius 2 is 2.19 bits per heavy atom. The van der Waals surface area contributed by atoms with Crippen LogP contribution in [0.25, 0.3) is 0 Å². The van der Waals surface area contributed by atoms with Crippen LogP contribution in [0.3, 0.4) is 0 Å². The Morgan fingerprint density at radius 1 is 1.42 bits per heavy atom. The summed E-state index contributed by atoms with van der Waals surface area (Å²) in [6, 6.07) is 3.21. The van der Waals surface area contributed by atoms with Crippen molar-refractivity contribution in [3.63, 3.8) is 0 Å². The van der Waals surface area contributed by atoms with Crippen molar-refractivity contribution in [2.45, 2.75) is 25.9 Å². The molecular formula is C18H23N5O3. The largest absolute Gasteiger partial charge is 0.497 e. The summed E-state index contributed by atoms with van der Waals surface area (Å²) in [6.07, 6.45) is 3.56. The molecule has 0 unspecified atom stereocenters. The molecule has 3 heterocycles. The predicted molar refractivity (Wildman–Crippen MR) is 94.2 cm³/mol. The number of pyridine rings is 1. The summed E-state index contributed by atoms with van der Waals surface area (Å²) in [5, 5.41) is 7.15. The zero-order chi connectivity index (χ0) is 18.8. The molecule has 8 nitrogen and oxygen atoms in total. The Balaban J connectivity index is 1.76. The first-order chi connectivity index (χ1) is 12.4. The monoisotopic (exact) mass is 357 g/mol. The van der Waals surface area contributed by atoms with Crippen LogP contribution in [0.5, 0.6) is 5.75 Å². The van der Waals surface area contributed by atoms with Gasteiger partial charge in [-0.15, -0.1) is 0 Å². The van der Waals surface area contributed by atoms with Gasteiger partial charge >= 0.3 is 0 Å². The first-order valence-corrected chi connectivity index (χ1v) is 8.43. The SMILES string of the molecule is COc1ccnc(CNC(=O)[C@H]2CC(=O)N(C)[C@@H]2c2cnn(C)c2C)c1. The quantitative estimate of drug-likeness (QED) is 0.861. The highest BCUT2D eigenvalue weighted by Crippen LogP contribution is 2.38. The maximum absolute atomic E-state index is 12.8. The molecule has 1 aliphatic rings. The summed E-state index contributed by atoms with van der Waals surface area (Å²) in [7, 11) is 5.16. The lowest BCUT2D eigenvalue weighted by molar-refractivity contribution is -0.128. The van der Waals surface area contributed by atoms with Gasteiger partial charge in [-0.2, -0.15) is 5.10 Å². The molecule has 2 aromatic heterocycles. The van der Waals surface area contributed by atoms with Gasteiger partial charge in [0.2, 0.25) is 11.8 Å². The molecule has 2 atom stereocenters. The Labute approximate surface area is 152 Å². The fourth-order valence-electron chi connectivity index (χ4n) is 3.32. The lowest BCUT2D eigenvalue weighted by atomic mass is 9.93. The van der Waals surface area contributed by atoms with Crippen LogP contribution in [-0.2, 0) is 23.2 Å². The van der Waals surface area contributed by atoms with E-state index < -0.39 is 5.92 Å². The van der Waals surface area contributed by atoms with Gasteiger partial charge < -0.3 is 15.0 Å². The number of aryl methyl sites for hydroxylation is 1. The number of nitrogens with one attached hydrogen (secondary N) is 1. The first kappa shape index (κ1) is 17.9. The Bertz CT molecular complexity index is 832. The highest BCUT2D eigenvalue weighted by atomic mass is 16.5. The van der Waals surface area contributed by atoms with Crippen LogP contribution in [0.15, 0.2) is 24.5 Å². The molecule has 1 aliphatic heterocycles. The number of hydrogen-bond donors (Lipinski definition) is 1. The third-order valence-electron chi connectivity index (χ3n) is 4.98. The molecular weight excluding hydrogens is 334 g/mol. The normalized spacial score (nSPS) is 19.7. The number of carbonyl (C=O) groups is 2. The van der Waals surface area contributed by atoms with E-state index in [2.05, 4.69) is 15.4 Å². The third kappa shape index (κ3) is 3.26. The van der Waals surface area contributed by atoms with Gasteiger partial charge in [0, 0.05) is 44.0 Å². The van der Waals surface area contributed by atoms with Crippen LogP contribution in [-0.4, -0.2) is 45.6 Å². The van der Waals surface area contributed by atoms with E-state index in [-0.39, 0.29) is 30.8 Å². The average Bonchev–Trinajstić information content (AvgIpc) is 3.12. The molecule has 8 heteroatoms. The van der Waals surface area contributed by atoms with Crippen molar-refractivity contribution >= 4 is 11.8 Å². The van der Waals surface area contributed by atoms with E-state index in [0.29, 0.717) is 11.4 Å². The minimum atomic E-state index is -0.457. The molecule has 0 saturated carbocycles. The number of ether oxygens (including phenoxy) is 1. The van der Waals surface area contributed by atoms with Crippen LogP contribution in [0.1, 0.15) is 29.4 Å². The van der Waals surface area contributed by atoms with Crippen molar-refractivity contribution in [2.75, 3.05) is 14.2 Å². The fourth-order valence-corrected chi connectivity index (χ4v) is 3.32. The second-order valence-corrected chi connectivity index (χ2v) is 6.47. The van der Waals surface area contributed by atoms with Gasteiger partial charge in [-0.1, -0.05) is 0 Å². The third-order valence-corrected chi connectivity index (χ3v) is 4.98. The zero-order valence-electron chi connectivity index (χ0n) is 15.4. The Morgan fingerprint density at radius 3 is 2.85 bits per heavy atom. The standard InChI is InChI=1S/C18H23N5O3/c1-11-15(10-21-23(11)3)17-14(8-16(24)22(17)2)18(25)20-9-12-7-13(26-4)5-6-19-12/h5-7,10,14,17H,8-9H2,1-4H3,(H,20,25)/t14-,17-/m0/s1. The molecule has 3 rings (SSSR count). The molecule has 2 amide bonds. The summed E-state index contributed by atoms with van der Waals surface area (Å²) >= 11 is 0. The van der Waals surface area contributed by atoms with E-state index in [9.17, 15) is 9.59 Å². The van der Waals surface area contributed by atoms with Crippen LogP contribution < -0.4 is 10.1 Å². The zero-order valence-corrected chi connectivity index (χ0v) is 15.4. The van der Waals surface area contributed by atoms with Gasteiger partial charge in [-0.3, -0.25) is 19.3 Å². The molecule has 0 spiro atoms. The summed E-state index contributed by atoms with van der Waals surface area (Å²) in [5.41, 5.74) is 2.55. The lowest BCUT2D eigenvalue weighted by Crippen LogP contribution is -2.34. The molecule has 0 aliphatic carbocycles. The van der Waals surface area contributed by atoms with Crippen molar-refractivity contribution in [3.05, 3.63) is 41.5 Å². The molecule has 1 fully saturated rings. The minimum Gasteiger partial charge on any atom is -0.497 e. The van der Waals surface area contributed by atoms with Gasteiger partial charge in [-0.25, -0.2) is 0 Å². The molecule has 0 aromatic carbocycles. The Kier molecular flexibility index (Phi) is 4.92. The van der Waals surface area contributed by atoms with Crippen molar-refractivity contribution in [1.82, 2.24) is 25.0 Å². The van der Waals surface area contributed by atoms with Crippen molar-refractivity contribution in [2.24, 2.45) is 13.0 Å². The maximum Gasteiger partial charge on any atom is 0.226 e. The number of nitrogens with zero attached hydrogens (tertiary/aromatic N) is 4. The van der Waals surface area contributed by atoms with Crippen molar-refractivity contribution in [3.8, 4) is 5.75 Å². The number of rotatable bonds is 5. The van der Waals surface area contributed by atoms with Gasteiger partial charge in [0.05, 0.1) is 37.5 Å². The predicted octanol–water partition coefficient (Wildman–Crippen LogP) is 0.968. The molecule has 0 radical (unpaired) electrons. The molecule has 2 aromatic rings. The summed E-state index contributed by atoms with van der Waals surface area (Å²) in [4.78, 5) is 30.9. The number of likely N-dealkylation sites (tertiary alicyclic amines) is 1. The van der Waals surface area contributed by atoms with E-state index >= 15 is 0 Å². The summed E-state index contributed by atoms with van der Waals surface area (Å²) < 4.78 is 6.92. The van der Waals surface area contributed by atoms with E-state index in [1.807, 2.05) is 14.0 Å². The van der Waals surface area contributed by atoms with Crippen LogP contribution >= 0.6 is 0 Å². The highest BCUT2D eigenvalue weighted by molar-refractivity contribution is 5.90. The van der Waals surface area contributed by atoms with E-state index in [1.165, 1.54) is 0 Å². The van der Waals surface area contributed by atoms with Gasteiger partial charge in [0.1, 0.15) is 5.75 Å². The number of carbonyl (C=O) groups excluding carboxylic acids is 2. The average molecular weight is 357 g/mol. The first-order valence-electron chi connectivity index (χ1n) is 8.43. The van der Waals surface area contributed by atoms with Crippen molar-refractivity contribution in [1.29, 1.82) is 0 Å². The molecule has 138 valence electrons. The minimum absolute atomic E-state index is 0.0436. The number of amides is 2. The highest BCUT2D eigenvalue weighted by Gasteiger charge is 2.43. The summed E-state index contributed by atoms with van der Waals surface area (Å²) in [6.45, 7) is 2.22. The van der Waals surface area contributed by atoms with Crippen LogP contribution in [0, 0.1) is 12.8 Å². The number of methoxy groups -OCH3 is 1. The smallest absolute Gasteiger partial charge is 0.226 e. The van der Waals surface area contributed by atoms with Gasteiger partial charge in [0.25, 0.3) is 0 Å². The van der Waals surface area contributed by atoms with Gasteiger partial charge in [0.15, 0.2) is 0 Å². The van der Waals surface area contributed by atoms with Crippen LogP contribution in [0.2, 0.25) is 0 Å². The van der Waals surface area contributed by atoms with E-state index in [0.717, 1.165) is 11.3 Å². The molecule has 26 heavy (non-hydrogen) atoms. The van der Waals surface area contributed by atoms with Crippen LogP contribution in [0.4, 0.5) is 0 Å². The van der Waals surface area contributed by atoms with Crippen molar-refractivity contribution < 1.29 is 14.3 Å². The fraction of sp³-hybridized carbons (Fsp3) is 0.444. The van der Waals surface area contributed by atoms with E-state index in [1.54, 1.807) is 48.3 Å². The number of hydrogen-bond acceptors (Lipinski definition) is 5. The molecule has 0 bridgehead atoms. The Hall–Kier alpha value is -2.90. The number of aromatic nitrogens is 3. The maximum atomic E-state index is 12.8. The lowest BCUT2D eigenvalue weighted by Gasteiger charge is -2.24. The van der Waals surface area contributed by atoms with E-state index in [4.69, 9.17) is 4.74 Å². The molecule has 1 N–H and O–H groups in total. The summed E-state index contributed by atoms with van der Waals surface area (Å²) in [5.74, 6) is 0.0170. The van der Waals surface area contributed by atoms with Gasteiger partial charge in [-0.05, 0) is 13.0 Å². The second kappa shape index (κ2) is 7.15. The molecule has 1 saturated heterocycles. The second-order valence-electron chi connectivity index (χ2n) is 6.47.